The molecule has 5 nitrogen and oxygen atoms in total. The summed E-state index contributed by atoms with van der Waals surface area (Å²) in [6.07, 6.45) is 0.251. The average Bonchev–Trinajstić information content (AvgIpc) is 2.20. The molecule has 1 saturated heterocycles. The van der Waals surface area contributed by atoms with Crippen molar-refractivity contribution in [1.82, 2.24) is 5.06 Å². The van der Waals surface area contributed by atoms with Gasteiger partial charge in [0, 0.05) is 6.92 Å². The van der Waals surface area contributed by atoms with Crippen LogP contribution in [0.4, 0.5) is 0 Å². The highest BCUT2D eigenvalue weighted by atomic mass is 28.4. The molecule has 1 aliphatic heterocycles. The molecule has 6 heteroatoms. The first-order chi connectivity index (χ1) is 8.45. The van der Waals surface area contributed by atoms with E-state index in [0.29, 0.717) is 6.42 Å². The normalized spacial score (nSPS) is 21.9. The van der Waals surface area contributed by atoms with E-state index < -0.39 is 14.3 Å². The summed E-state index contributed by atoms with van der Waals surface area (Å²) in [5, 5.41) is 1.27. The Morgan fingerprint density at radius 3 is 2.32 bits per heavy atom. The molecule has 1 amide bonds. The van der Waals surface area contributed by atoms with E-state index in [1.165, 1.54) is 6.92 Å². The van der Waals surface area contributed by atoms with Crippen LogP contribution in [0.25, 0.3) is 0 Å². The highest BCUT2D eigenvalue weighted by molar-refractivity contribution is 6.74. The zero-order valence-electron chi connectivity index (χ0n) is 12.9. The van der Waals surface area contributed by atoms with Gasteiger partial charge in [-0.15, -0.1) is 0 Å². The molecular weight excluding hydrogens is 262 g/mol. The maximum absolute atomic E-state index is 11.4. The molecule has 19 heavy (non-hydrogen) atoms. The quantitative estimate of drug-likeness (QED) is 0.589. The molecule has 110 valence electrons. The van der Waals surface area contributed by atoms with Gasteiger partial charge in [-0.1, -0.05) is 20.8 Å². The van der Waals surface area contributed by atoms with Crippen molar-refractivity contribution in [3.8, 4) is 0 Å². The number of carbonyl (C=O) groups is 2. The zero-order valence-corrected chi connectivity index (χ0v) is 13.9. The van der Waals surface area contributed by atoms with Gasteiger partial charge < -0.3 is 9.26 Å². The van der Waals surface area contributed by atoms with E-state index in [4.69, 9.17) is 9.26 Å². The van der Waals surface area contributed by atoms with Crippen LogP contribution in [0, 0.1) is 0 Å². The number of amides is 1. The van der Waals surface area contributed by atoms with E-state index in [9.17, 15) is 9.59 Å². The molecule has 0 N–H and O–H groups in total. The second kappa shape index (κ2) is 5.24. The molecule has 0 aromatic rings. The van der Waals surface area contributed by atoms with E-state index in [0.717, 1.165) is 5.06 Å². The smallest absolute Gasteiger partial charge is 0.329 e. The van der Waals surface area contributed by atoms with Crippen molar-refractivity contribution in [2.75, 3.05) is 0 Å². The molecule has 1 aliphatic rings. The monoisotopic (exact) mass is 287 g/mol. The highest BCUT2D eigenvalue weighted by Crippen LogP contribution is 2.38. The van der Waals surface area contributed by atoms with Crippen LogP contribution in [-0.2, 0) is 18.9 Å². The maximum atomic E-state index is 11.4. The number of hydrogen-bond acceptors (Lipinski definition) is 4. The summed E-state index contributed by atoms with van der Waals surface area (Å²) in [5.41, 5.74) is 0. The Bertz CT molecular complexity index is 375. The third-order valence-electron chi connectivity index (χ3n) is 3.99. The Morgan fingerprint density at radius 1 is 1.42 bits per heavy atom. The van der Waals surface area contributed by atoms with Gasteiger partial charge in [-0.2, -0.15) is 5.06 Å². The first-order valence-corrected chi connectivity index (χ1v) is 9.55. The Hall–Kier alpha value is -0.883. The van der Waals surface area contributed by atoms with E-state index in [1.807, 2.05) is 6.92 Å². The molecule has 0 bridgehead atoms. The summed E-state index contributed by atoms with van der Waals surface area (Å²) < 4.78 is 6.22. The summed E-state index contributed by atoms with van der Waals surface area (Å²) in [6, 6.07) is -0.162. The lowest BCUT2D eigenvalue weighted by Crippen LogP contribution is -2.60. The molecule has 0 aliphatic carbocycles. The molecule has 0 saturated carbocycles. The number of hydroxylamine groups is 2. The standard InChI is InChI=1S/C13H25NO4Si/c1-9(18-19(6,7)13(3,4)5)11-8-12(16)14(11)17-10(2)15/h9,11H,8H2,1-7H3. The SMILES string of the molecule is CC(=O)ON1C(=O)CC1C(C)O[Si](C)(C)C(C)(C)C. The first-order valence-electron chi connectivity index (χ1n) is 6.64. The summed E-state index contributed by atoms with van der Waals surface area (Å²) >= 11 is 0. The summed E-state index contributed by atoms with van der Waals surface area (Å²) in [6.45, 7) is 14.1. The van der Waals surface area contributed by atoms with Crippen molar-refractivity contribution in [3.63, 3.8) is 0 Å². The second-order valence-electron chi connectivity index (χ2n) is 6.66. The summed E-state index contributed by atoms with van der Waals surface area (Å²) in [4.78, 5) is 27.3. The van der Waals surface area contributed by atoms with Crippen LogP contribution in [0.2, 0.25) is 18.1 Å². The fraction of sp³-hybridized carbons (Fsp3) is 0.846. The van der Waals surface area contributed by atoms with Gasteiger partial charge in [0.15, 0.2) is 8.32 Å². The Balaban J connectivity index is 2.66. The van der Waals surface area contributed by atoms with Crippen LogP contribution in [0.3, 0.4) is 0 Å². The number of β-lactam (4-membered cyclic amide) rings is 1. The summed E-state index contributed by atoms with van der Waals surface area (Å²) in [7, 11) is -1.88. The lowest BCUT2D eigenvalue weighted by molar-refractivity contribution is -0.233. The topological polar surface area (TPSA) is 55.8 Å². The van der Waals surface area contributed by atoms with Gasteiger partial charge in [0.1, 0.15) is 6.04 Å². The predicted octanol–water partition coefficient (Wildman–Crippen LogP) is 2.48. The van der Waals surface area contributed by atoms with E-state index in [2.05, 4.69) is 33.9 Å². The van der Waals surface area contributed by atoms with E-state index >= 15 is 0 Å². The number of hydrogen-bond donors (Lipinski definition) is 0. The predicted molar refractivity (Wildman–Crippen MR) is 74.8 cm³/mol. The second-order valence-corrected chi connectivity index (χ2v) is 11.4. The van der Waals surface area contributed by atoms with Crippen molar-refractivity contribution >= 4 is 20.2 Å². The maximum Gasteiger partial charge on any atom is 0.329 e. The van der Waals surface area contributed by atoms with Crippen molar-refractivity contribution in [1.29, 1.82) is 0 Å². The highest BCUT2D eigenvalue weighted by Gasteiger charge is 2.47. The van der Waals surface area contributed by atoms with Crippen LogP contribution < -0.4 is 0 Å². The van der Waals surface area contributed by atoms with Crippen molar-refractivity contribution < 1.29 is 18.9 Å². The molecule has 2 atom stereocenters. The molecule has 0 aromatic carbocycles. The van der Waals surface area contributed by atoms with Crippen LogP contribution in [-0.4, -0.2) is 37.4 Å². The Morgan fingerprint density at radius 2 is 1.95 bits per heavy atom. The largest absolute Gasteiger partial charge is 0.412 e. The van der Waals surface area contributed by atoms with Gasteiger partial charge in [-0.25, -0.2) is 0 Å². The molecule has 2 unspecified atom stereocenters. The Labute approximate surface area is 116 Å². The summed E-state index contributed by atoms with van der Waals surface area (Å²) in [5.74, 6) is -0.636. The van der Waals surface area contributed by atoms with E-state index in [-0.39, 0.29) is 23.1 Å². The molecule has 1 rings (SSSR count). The minimum Gasteiger partial charge on any atom is -0.412 e. The third-order valence-corrected chi connectivity index (χ3v) is 8.56. The molecule has 0 aromatic heterocycles. The average molecular weight is 287 g/mol. The van der Waals surface area contributed by atoms with Gasteiger partial charge in [0.2, 0.25) is 0 Å². The fourth-order valence-corrected chi connectivity index (χ4v) is 3.20. The molecular formula is C13H25NO4Si. The van der Waals surface area contributed by atoms with Crippen molar-refractivity contribution in [2.45, 2.75) is 71.3 Å². The minimum absolute atomic E-state index is 0.112. The molecule has 0 radical (unpaired) electrons. The first kappa shape index (κ1) is 16.2. The van der Waals surface area contributed by atoms with Crippen molar-refractivity contribution in [3.05, 3.63) is 0 Å². The number of carbonyl (C=O) groups excluding carboxylic acids is 2. The van der Waals surface area contributed by atoms with Crippen LogP contribution in [0.5, 0.6) is 0 Å². The molecule has 1 heterocycles. The van der Waals surface area contributed by atoms with Gasteiger partial charge in [-0.05, 0) is 25.1 Å². The third kappa shape index (κ3) is 3.57. The number of rotatable bonds is 4. The molecule has 0 spiro atoms. The minimum atomic E-state index is -1.88. The van der Waals surface area contributed by atoms with Gasteiger partial charge in [0.25, 0.3) is 5.91 Å². The number of nitrogens with zero attached hydrogens (tertiary/aromatic N) is 1. The molecule has 1 fully saturated rings. The lowest BCUT2D eigenvalue weighted by Gasteiger charge is -2.45. The lowest BCUT2D eigenvalue weighted by atomic mass is 10.0. The van der Waals surface area contributed by atoms with Gasteiger partial charge >= 0.3 is 5.97 Å². The van der Waals surface area contributed by atoms with Crippen LogP contribution in [0.15, 0.2) is 0 Å². The van der Waals surface area contributed by atoms with Crippen LogP contribution >= 0.6 is 0 Å². The van der Waals surface area contributed by atoms with E-state index in [1.54, 1.807) is 0 Å². The van der Waals surface area contributed by atoms with Crippen LogP contribution in [0.1, 0.15) is 41.0 Å². The Kier molecular flexibility index (Phi) is 4.46. The van der Waals surface area contributed by atoms with Gasteiger partial charge in [0.05, 0.1) is 12.5 Å². The fourth-order valence-electron chi connectivity index (χ4n) is 1.76. The van der Waals surface area contributed by atoms with Gasteiger partial charge in [-0.3, -0.25) is 9.59 Å². The van der Waals surface area contributed by atoms with Crippen molar-refractivity contribution in [2.24, 2.45) is 0 Å². The zero-order chi connectivity index (χ0) is 15.0.